The minimum absolute atomic E-state index is 0. The average Bonchev–Trinajstić information content (AvgIpc) is 2.87. The maximum atomic E-state index is 6.11. The smallest absolute Gasteiger partial charge is 0.0850 e. The minimum atomic E-state index is -0.258. The second-order valence-corrected chi connectivity index (χ2v) is 4.54. The SMILES string of the molecule is CC(C)(N)c1ccccc1CC1CO1.Cl. The van der Waals surface area contributed by atoms with E-state index in [0.717, 1.165) is 13.0 Å². The molecule has 84 valence electrons. The van der Waals surface area contributed by atoms with Gasteiger partial charge in [-0.05, 0) is 25.0 Å². The number of hydrogen-bond donors (Lipinski definition) is 1. The molecule has 1 aliphatic heterocycles. The third kappa shape index (κ3) is 3.20. The highest BCUT2D eigenvalue weighted by atomic mass is 35.5. The summed E-state index contributed by atoms with van der Waals surface area (Å²) in [5.74, 6) is 0. The van der Waals surface area contributed by atoms with Gasteiger partial charge in [-0.25, -0.2) is 0 Å². The largest absolute Gasteiger partial charge is 0.373 e. The number of halogens is 1. The number of rotatable bonds is 3. The second kappa shape index (κ2) is 4.52. The van der Waals surface area contributed by atoms with Crippen molar-refractivity contribution in [1.29, 1.82) is 0 Å². The third-order valence-corrected chi connectivity index (χ3v) is 2.56. The zero-order valence-corrected chi connectivity index (χ0v) is 10.0. The fraction of sp³-hybridized carbons (Fsp3) is 0.500. The summed E-state index contributed by atoms with van der Waals surface area (Å²) in [5, 5.41) is 0. The quantitative estimate of drug-likeness (QED) is 0.805. The molecule has 1 atom stereocenters. The van der Waals surface area contributed by atoms with Crippen LogP contribution < -0.4 is 5.73 Å². The summed E-state index contributed by atoms with van der Waals surface area (Å²) in [5.41, 5.74) is 8.41. The van der Waals surface area contributed by atoms with Gasteiger partial charge in [0, 0.05) is 12.0 Å². The Morgan fingerprint density at radius 3 is 2.53 bits per heavy atom. The van der Waals surface area contributed by atoms with E-state index in [1.807, 2.05) is 19.9 Å². The molecule has 1 saturated heterocycles. The second-order valence-electron chi connectivity index (χ2n) is 4.54. The molecule has 0 amide bonds. The lowest BCUT2D eigenvalue weighted by Crippen LogP contribution is -2.30. The highest BCUT2D eigenvalue weighted by Gasteiger charge is 2.26. The fourth-order valence-corrected chi connectivity index (χ4v) is 1.76. The van der Waals surface area contributed by atoms with Gasteiger partial charge in [0.2, 0.25) is 0 Å². The summed E-state index contributed by atoms with van der Waals surface area (Å²) in [4.78, 5) is 0. The van der Waals surface area contributed by atoms with Crippen LogP contribution in [-0.2, 0) is 16.7 Å². The van der Waals surface area contributed by atoms with Crippen molar-refractivity contribution < 1.29 is 4.74 Å². The van der Waals surface area contributed by atoms with Crippen molar-refractivity contribution in [1.82, 2.24) is 0 Å². The Bertz CT molecular complexity index is 329. The molecule has 2 N–H and O–H groups in total. The van der Waals surface area contributed by atoms with E-state index < -0.39 is 0 Å². The van der Waals surface area contributed by atoms with Gasteiger partial charge in [0.1, 0.15) is 0 Å². The molecule has 1 heterocycles. The van der Waals surface area contributed by atoms with Gasteiger partial charge < -0.3 is 10.5 Å². The van der Waals surface area contributed by atoms with E-state index in [1.54, 1.807) is 0 Å². The molecule has 3 heteroatoms. The van der Waals surface area contributed by atoms with Crippen LogP contribution >= 0.6 is 12.4 Å². The molecule has 0 aliphatic carbocycles. The summed E-state index contributed by atoms with van der Waals surface area (Å²) >= 11 is 0. The first-order valence-corrected chi connectivity index (χ1v) is 5.06. The number of benzene rings is 1. The van der Waals surface area contributed by atoms with Crippen LogP contribution in [0, 0.1) is 0 Å². The molecule has 0 aromatic heterocycles. The van der Waals surface area contributed by atoms with Crippen molar-refractivity contribution in [2.75, 3.05) is 6.61 Å². The lowest BCUT2D eigenvalue weighted by molar-refractivity contribution is 0.406. The molecule has 2 rings (SSSR count). The molecule has 0 bridgehead atoms. The van der Waals surface area contributed by atoms with Crippen molar-refractivity contribution in [3.05, 3.63) is 35.4 Å². The van der Waals surface area contributed by atoms with Gasteiger partial charge in [-0.3, -0.25) is 0 Å². The van der Waals surface area contributed by atoms with E-state index in [4.69, 9.17) is 10.5 Å². The van der Waals surface area contributed by atoms with Crippen LogP contribution in [0.15, 0.2) is 24.3 Å². The fourth-order valence-electron chi connectivity index (χ4n) is 1.76. The van der Waals surface area contributed by atoms with Crippen LogP contribution in [0.2, 0.25) is 0 Å². The highest BCUT2D eigenvalue weighted by molar-refractivity contribution is 5.85. The van der Waals surface area contributed by atoms with Crippen molar-refractivity contribution in [3.8, 4) is 0 Å². The lowest BCUT2D eigenvalue weighted by Gasteiger charge is -2.22. The normalized spacial score (nSPS) is 19.5. The summed E-state index contributed by atoms with van der Waals surface area (Å²) in [6.07, 6.45) is 1.43. The molecule has 1 aromatic carbocycles. The van der Waals surface area contributed by atoms with Crippen molar-refractivity contribution in [2.24, 2.45) is 5.73 Å². The predicted molar refractivity (Wildman–Crippen MR) is 64.3 cm³/mol. The van der Waals surface area contributed by atoms with Gasteiger partial charge >= 0.3 is 0 Å². The van der Waals surface area contributed by atoms with Crippen LogP contribution in [0.3, 0.4) is 0 Å². The first-order chi connectivity index (χ1) is 6.57. The molecular formula is C12H18ClNO. The molecule has 1 unspecified atom stereocenters. The molecule has 1 aliphatic rings. The van der Waals surface area contributed by atoms with Crippen LogP contribution in [0.4, 0.5) is 0 Å². The Morgan fingerprint density at radius 1 is 1.40 bits per heavy atom. The number of nitrogens with two attached hydrogens (primary N) is 1. The Hall–Kier alpha value is -0.570. The molecule has 15 heavy (non-hydrogen) atoms. The first kappa shape index (κ1) is 12.5. The van der Waals surface area contributed by atoms with Crippen LogP contribution in [-0.4, -0.2) is 12.7 Å². The lowest BCUT2D eigenvalue weighted by atomic mass is 9.89. The molecular weight excluding hydrogens is 210 g/mol. The van der Waals surface area contributed by atoms with Crippen LogP contribution in [0.5, 0.6) is 0 Å². The van der Waals surface area contributed by atoms with Crippen LogP contribution in [0.25, 0.3) is 0 Å². The average molecular weight is 228 g/mol. The standard InChI is InChI=1S/C12H17NO.ClH/c1-12(2,13)11-6-4-3-5-9(11)7-10-8-14-10;/h3-6,10H,7-8,13H2,1-2H3;1H. The predicted octanol–water partition coefficient (Wildman–Crippen LogP) is 2.24. The van der Waals surface area contributed by atoms with E-state index in [2.05, 4.69) is 18.2 Å². The molecule has 0 spiro atoms. The van der Waals surface area contributed by atoms with E-state index in [9.17, 15) is 0 Å². The third-order valence-electron chi connectivity index (χ3n) is 2.56. The maximum Gasteiger partial charge on any atom is 0.0850 e. The Labute approximate surface area is 97.2 Å². The van der Waals surface area contributed by atoms with Gasteiger partial charge in [-0.2, -0.15) is 0 Å². The summed E-state index contributed by atoms with van der Waals surface area (Å²) < 4.78 is 5.24. The topological polar surface area (TPSA) is 38.5 Å². The number of epoxide rings is 1. The van der Waals surface area contributed by atoms with Gasteiger partial charge in [0.05, 0.1) is 12.7 Å². The molecule has 0 saturated carbocycles. The molecule has 1 fully saturated rings. The Balaban J connectivity index is 0.00000112. The molecule has 1 aromatic rings. The first-order valence-electron chi connectivity index (χ1n) is 5.06. The van der Waals surface area contributed by atoms with Crippen molar-refractivity contribution in [3.63, 3.8) is 0 Å². The zero-order valence-electron chi connectivity index (χ0n) is 9.19. The number of hydrogen-bond acceptors (Lipinski definition) is 2. The monoisotopic (exact) mass is 227 g/mol. The summed E-state index contributed by atoms with van der Waals surface area (Å²) in [6.45, 7) is 4.98. The zero-order chi connectivity index (χ0) is 10.2. The Kier molecular flexibility index (Phi) is 3.77. The van der Waals surface area contributed by atoms with Crippen LogP contribution in [0.1, 0.15) is 25.0 Å². The minimum Gasteiger partial charge on any atom is -0.373 e. The number of ether oxygens (including phenoxy) is 1. The molecule has 0 radical (unpaired) electrons. The Morgan fingerprint density at radius 2 is 2.00 bits per heavy atom. The van der Waals surface area contributed by atoms with Crippen molar-refractivity contribution >= 4 is 12.4 Å². The molecule has 2 nitrogen and oxygen atoms in total. The van der Waals surface area contributed by atoms with Gasteiger partial charge in [-0.15, -0.1) is 12.4 Å². The summed E-state index contributed by atoms with van der Waals surface area (Å²) in [6, 6.07) is 8.36. The highest BCUT2D eigenvalue weighted by Crippen LogP contribution is 2.25. The van der Waals surface area contributed by atoms with Gasteiger partial charge in [-0.1, -0.05) is 24.3 Å². The summed E-state index contributed by atoms with van der Waals surface area (Å²) in [7, 11) is 0. The van der Waals surface area contributed by atoms with Gasteiger partial charge in [0.15, 0.2) is 0 Å². The maximum absolute atomic E-state index is 6.11. The van der Waals surface area contributed by atoms with Gasteiger partial charge in [0.25, 0.3) is 0 Å². The van der Waals surface area contributed by atoms with E-state index in [0.29, 0.717) is 6.10 Å². The van der Waals surface area contributed by atoms with E-state index >= 15 is 0 Å². The van der Waals surface area contributed by atoms with Crippen molar-refractivity contribution in [2.45, 2.75) is 31.9 Å². The van der Waals surface area contributed by atoms with E-state index in [1.165, 1.54) is 11.1 Å². The van der Waals surface area contributed by atoms with E-state index in [-0.39, 0.29) is 17.9 Å².